The standard InChI is InChI=1S/C25H28FN5O2S2/c1-24(2,3)33-23(32)30-8-5-25(6-9-30)7-10-31(25)19-13-18-22(35-19)27-21(34-18)15-11-16-14-29(4)28-20(16)17(26)12-15/h11-14H,5-10H2,1-4H3. The maximum atomic E-state index is 14.6. The van der Waals surface area contributed by atoms with Crippen molar-refractivity contribution in [3.8, 4) is 10.6 Å². The van der Waals surface area contributed by atoms with Crippen LogP contribution in [0.25, 0.3) is 31.0 Å². The number of halogens is 1. The number of aryl methyl sites for hydroxylation is 1. The number of hydrogen-bond acceptors (Lipinski definition) is 7. The number of benzene rings is 1. The zero-order chi connectivity index (χ0) is 24.5. The summed E-state index contributed by atoms with van der Waals surface area (Å²) in [5.74, 6) is -0.322. The molecule has 0 atom stereocenters. The Bertz CT molecular complexity index is 1410. The number of thiophene rings is 1. The smallest absolute Gasteiger partial charge is 0.410 e. The molecule has 6 rings (SSSR count). The number of ether oxygens (including phenoxy) is 1. The summed E-state index contributed by atoms with van der Waals surface area (Å²) in [5, 5.41) is 7.03. The molecule has 5 heterocycles. The zero-order valence-electron chi connectivity index (χ0n) is 20.3. The Morgan fingerprint density at radius 3 is 2.51 bits per heavy atom. The number of amides is 1. The van der Waals surface area contributed by atoms with Gasteiger partial charge in [0.05, 0.1) is 9.70 Å². The van der Waals surface area contributed by atoms with Crippen LogP contribution in [0.1, 0.15) is 40.0 Å². The first kappa shape index (κ1) is 22.7. The maximum Gasteiger partial charge on any atom is 0.410 e. The van der Waals surface area contributed by atoms with Crippen LogP contribution in [-0.2, 0) is 11.8 Å². The molecule has 10 heteroatoms. The number of carbonyl (C=O) groups excluding carboxylic acids is 1. The lowest BCUT2D eigenvalue weighted by molar-refractivity contribution is 0.0131. The second kappa shape index (κ2) is 7.89. The van der Waals surface area contributed by atoms with Crippen molar-refractivity contribution in [2.75, 3.05) is 24.5 Å². The van der Waals surface area contributed by atoms with Crippen molar-refractivity contribution >= 4 is 54.2 Å². The molecule has 3 aromatic heterocycles. The van der Waals surface area contributed by atoms with Crippen LogP contribution in [-0.4, -0.2) is 56.5 Å². The average Bonchev–Trinajstić information content (AvgIpc) is 3.44. The number of thiazole rings is 1. The van der Waals surface area contributed by atoms with Gasteiger partial charge in [-0.05, 0) is 58.2 Å². The van der Waals surface area contributed by atoms with Gasteiger partial charge < -0.3 is 14.5 Å². The molecule has 0 N–H and O–H groups in total. The number of rotatable bonds is 2. The fraction of sp³-hybridized carbons (Fsp3) is 0.480. The van der Waals surface area contributed by atoms with E-state index in [1.807, 2.05) is 37.9 Å². The second-order valence-electron chi connectivity index (χ2n) is 10.6. The van der Waals surface area contributed by atoms with Crippen molar-refractivity contribution in [3.63, 3.8) is 0 Å². The minimum atomic E-state index is -0.473. The third kappa shape index (κ3) is 3.96. The molecular formula is C25H28FN5O2S2. The summed E-state index contributed by atoms with van der Waals surface area (Å²) < 4.78 is 22.9. The average molecular weight is 514 g/mol. The molecule has 4 aromatic rings. The van der Waals surface area contributed by atoms with E-state index >= 15 is 0 Å². The highest BCUT2D eigenvalue weighted by molar-refractivity contribution is 7.30. The fourth-order valence-electron chi connectivity index (χ4n) is 5.15. The first-order valence-corrected chi connectivity index (χ1v) is 13.5. The van der Waals surface area contributed by atoms with E-state index in [0.29, 0.717) is 5.52 Å². The number of carbonyl (C=O) groups is 1. The second-order valence-corrected chi connectivity index (χ2v) is 12.6. The monoisotopic (exact) mass is 513 g/mol. The van der Waals surface area contributed by atoms with Crippen LogP contribution in [0, 0.1) is 5.82 Å². The Balaban J connectivity index is 1.19. The van der Waals surface area contributed by atoms with Crippen molar-refractivity contribution in [2.24, 2.45) is 7.05 Å². The molecule has 1 aromatic carbocycles. The van der Waals surface area contributed by atoms with Gasteiger partial charge in [-0.3, -0.25) is 4.68 Å². The molecule has 1 amide bonds. The number of anilines is 1. The summed E-state index contributed by atoms with van der Waals surface area (Å²) in [7, 11) is 1.80. The molecule has 2 saturated heterocycles. The molecule has 0 unspecified atom stereocenters. The van der Waals surface area contributed by atoms with Gasteiger partial charge in [0.15, 0.2) is 5.82 Å². The maximum absolute atomic E-state index is 14.6. The number of aromatic nitrogens is 3. The van der Waals surface area contributed by atoms with Gasteiger partial charge in [-0.2, -0.15) is 5.10 Å². The van der Waals surface area contributed by atoms with Crippen molar-refractivity contribution in [1.29, 1.82) is 0 Å². The third-order valence-electron chi connectivity index (χ3n) is 6.99. The molecule has 1 spiro atoms. The van der Waals surface area contributed by atoms with E-state index in [-0.39, 0.29) is 17.4 Å². The molecule has 0 radical (unpaired) electrons. The van der Waals surface area contributed by atoms with Gasteiger partial charge in [-0.15, -0.1) is 11.3 Å². The van der Waals surface area contributed by atoms with E-state index in [0.717, 1.165) is 64.4 Å². The molecule has 2 fully saturated rings. The van der Waals surface area contributed by atoms with Gasteiger partial charge in [0.1, 0.15) is 21.0 Å². The fourth-order valence-corrected chi connectivity index (χ4v) is 7.48. The summed E-state index contributed by atoms with van der Waals surface area (Å²) in [6, 6.07) is 5.71. The van der Waals surface area contributed by atoms with Gasteiger partial charge >= 0.3 is 6.09 Å². The SMILES string of the molecule is Cn1cc2cc(-c3nc4sc(N5CCC56CCN(C(=O)OC(C)(C)C)CC6)cc4s3)cc(F)c2n1. The van der Waals surface area contributed by atoms with Crippen molar-refractivity contribution in [1.82, 2.24) is 19.7 Å². The Kier molecular flexibility index (Phi) is 5.12. The molecule has 0 saturated carbocycles. The van der Waals surface area contributed by atoms with Crippen LogP contribution in [0.2, 0.25) is 0 Å². The number of fused-ring (bicyclic) bond motifs is 2. The Hall–Kier alpha value is -2.72. The van der Waals surface area contributed by atoms with Crippen LogP contribution >= 0.6 is 22.7 Å². The lowest BCUT2D eigenvalue weighted by atomic mass is 9.76. The van der Waals surface area contributed by atoms with Gasteiger partial charge in [-0.1, -0.05) is 11.3 Å². The molecule has 0 bridgehead atoms. The molecule has 0 aliphatic carbocycles. The number of likely N-dealkylation sites (tertiary alicyclic amines) is 1. The summed E-state index contributed by atoms with van der Waals surface area (Å²) in [5.41, 5.74) is 0.812. The topological polar surface area (TPSA) is 63.5 Å². The molecule has 2 aliphatic rings. The van der Waals surface area contributed by atoms with E-state index in [1.54, 1.807) is 34.4 Å². The van der Waals surface area contributed by atoms with Crippen molar-refractivity contribution < 1.29 is 13.9 Å². The minimum absolute atomic E-state index is 0.114. The summed E-state index contributed by atoms with van der Waals surface area (Å²) in [6.07, 6.45) is 4.64. The quantitative estimate of drug-likeness (QED) is 0.327. The van der Waals surface area contributed by atoms with Gasteiger partial charge in [-0.25, -0.2) is 14.2 Å². The predicted molar refractivity (Wildman–Crippen MR) is 139 cm³/mol. The third-order valence-corrected chi connectivity index (χ3v) is 9.22. The number of hydrogen-bond donors (Lipinski definition) is 0. The van der Waals surface area contributed by atoms with E-state index in [1.165, 1.54) is 11.1 Å². The Labute approximate surface area is 211 Å². The lowest BCUT2D eigenvalue weighted by Gasteiger charge is -2.57. The molecule has 2 aliphatic heterocycles. The molecule has 35 heavy (non-hydrogen) atoms. The van der Waals surface area contributed by atoms with Crippen LogP contribution in [0.4, 0.5) is 14.2 Å². The van der Waals surface area contributed by atoms with Crippen molar-refractivity contribution in [2.45, 2.75) is 51.2 Å². The number of nitrogens with zero attached hydrogens (tertiary/aromatic N) is 5. The predicted octanol–water partition coefficient (Wildman–Crippen LogP) is 6.03. The molecule has 184 valence electrons. The van der Waals surface area contributed by atoms with Gasteiger partial charge in [0.2, 0.25) is 0 Å². The minimum Gasteiger partial charge on any atom is -0.444 e. The normalized spacial score (nSPS) is 18.0. The molecular weight excluding hydrogens is 485 g/mol. The number of piperidine rings is 1. The van der Waals surface area contributed by atoms with Crippen LogP contribution in [0.5, 0.6) is 0 Å². The van der Waals surface area contributed by atoms with E-state index in [9.17, 15) is 9.18 Å². The summed E-state index contributed by atoms with van der Waals surface area (Å²) in [4.78, 5) is 22.6. The highest BCUT2D eigenvalue weighted by atomic mass is 32.1. The van der Waals surface area contributed by atoms with Crippen LogP contribution < -0.4 is 4.90 Å². The van der Waals surface area contributed by atoms with Gasteiger partial charge in [0, 0.05) is 49.4 Å². The summed E-state index contributed by atoms with van der Waals surface area (Å²) >= 11 is 3.30. The molecule has 7 nitrogen and oxygen atoms in total. The zero-order valence-corrected chi connectivity index (χ0v) is 21.9. The summed E-state index contributed by atoms with van der Waals surface area (Å²) in [6.45, 7) is 8.17. The van der Waals surface area contributed by atoms with Crippen LogP contribution in [0.15, 0.2) is 24.4 Å². The van der Waals surface area contributed by atoms with E-state index < -0.39 is 5.60 Å². The highest BCUT2D eigenvalue weighted by Gasteiger charge is 2.48. The van der Waals surface area contributed by atoms with Crippen molar-refractivity contribution in [3.05, 3.63) is 30.2 Å². The van der Waals surface area contributed by atoms with Crippen LogP contribution in [0.3, 0.4) is 0 Å². The highest BCUT2D eigenvalue weighted by Crippen LogP contribution is 2.48. The van der Waals surface area contributed by atoms with Gasteiger partial charge in [0.25, 0.3) is 0 Å². The van der Waals surface area contributed by atoms with E-state index in [4.69, 9.17) is 9.72 Å². The Morgan fingerprint density at radius 1 is 1.11 bits per heavy atom. The first-order valence-electron chi connectivity index (χ1n) is 11.9. The van der Waals surface area contributed by atoms with E-state index in [2.05, 4.69) is 16.1 Å². The first-order chi connectivity index (χ1) is 16.6. The largest absolute Gasteiger partial charge is 0.444 e. The Morgan fingerprint density at radius 2 is 1.86 bits per heavy atom. The lowest BCUT2D eigenvalue weighted by Crippen LogP contribution is -2.64.